The Morgan fingerprint density at radius 2 is 2.38 bits per heavy atom. The van der Waals surface area contributed by atoms with Crippen LogP contribution in [0.1, 0.15) is 12.8 Å². The molecule has 0 heterocycles. The molecule has 0 rings (SSSR count). The van der Waals surface area contributed by atoms with E-state index in [1.54, 1.807) is 0 Å². The van der Waals surface area contributed by atoms with E-state index in [-0.39, 0.29) is 0 Å². The number of carboxylic acids is 1. The number of carboxylic acid groups (broad SMARTS) is 1. The van der Waals surface area contributed by atoms with Gasteiger partial charge in [0.05, 0.1) is 0 Å². The number of nitrogens with two attached hydrogens (primary N) is 1. The molecule has 0 saturated carbocycles. The second-order valence-electron chi connectivity index (χ2n) is 1.59. The van der Waals surface area contributed by atoms with Crippen molar-refractivity contribution in [2.75, 3.05) is 0 Å². The maximum Gasteiger partial charge on any atom is 0.320 e. The van der Waals surface area contributed by atoms with Crippen LogP contribution in [0.5, 0.6) is 0 Å². The first-order valence-electron chi connectivity index (χ1n) is 2.46. The molecule has 0 unspecified atom stereocenters. The SMILES string of the molecule is [CH2]CC[C@H](N)C(=O)O. The Bertz CT molecular complexity index is 82.5. The molecule has 0 aliphatic carbocycles. The fourth-order valence-corrected chi connectivity index (χ4v) is 0.343. The second kappa shape index (κ2) is 3.43. The van der Waals surface area contributed by atoms with E-state index in [9.17, 15) is 4.79 Å². The van der Waals surface area contributed by atoms with E-state index >= 15 is 0 Å². The molecule has 0 spiro atoms. The van der Waals surface area contributed by atoms with Crippen LogP contribution in [0.25, 0.3) is 0 Å². The highest BCUT2D eigenvalue weighted by Gasteiger charge is 2.07. The maximum atomic E-state index is 9.94. The normalized spacial score (nSPS) is 13.2. The van der Waals surface area contributed by atoms with Crippen molar-refractivity contribution in [3.63, 3.8) is 0 Å². The van der Waals surface area contributed by atoms with Gasteiger partial charge in [-0.1, -0.05) is 13.3 Å². The van der Waals surface area contributed by atoms with Gasteiger partial charge < -0.3 is 10.8 Å². The minimum absolute atomic E-state index is 0.454. The van der Waals surface area contributed by atoms with Gasteiger partial charge in [-0.05, 0) is 6.42 Å². The highest BCUT2D eigenvalue weighted by atomic mass is 16.4. The third-order valence-corrected chi connectivity index (χ3v) is 0.832. The molecule has 3 N–H and O–H groups in total. The van der Waals surface area contributed by atoms with Crippen LogP contribution in [0.4, 0.5) is 0 Å². The highest BCUT2D eigenvalue weighted by Crippen LogP contribution is 1.90. The van der Waals surface area contributed by atoms with E-state index in [4.69, 9.17) is 10.8 Å². The number of hydrogen-bond acceptors (Lipinski definition) is 2. The molecule has 0 fully saturated rings. The van der Waals surface area contributed by atoms with E-state index in [1.807, 2.05) is 0 Å². The standard InChI is InChI=1S/C5H10NO2/c1-2-3-4(6)5(7)8/h4H,1-3,6H2,(H,7,8)/t4-/m0/s1. The molecule has 0 aromatic carbocycles. The van der Waals surface area contributed by atoms with Gasteiger partial charge in [-0.15, -0.1) is 0 Å². The highest BCUT2D eigenvalue weighted by molar-refractivity contribution is 5.72. The first-order valence-corrected chi connectivity index (χ1v) is 2.46. The molecule has 0 amide bonds. The molecule has 1 radical (unpaired) electrons. The van der Waals surface area contributed by atoms with Gasteiger partial charge in [0.15, 0.2) is 0 Å². The van der Waals surface area contributed by atoms with Gasteiger partial charge in [0.25, 0.3) is 0 Å². The summed E-state index contributed by atoms with van der Waals surface area (Å²) in [6.45, 7) is 3.46. The Morgan fingerprint density at radius 1 is 1.88 bits per heavy atom. The Hall–Kier alpha value is -0.570. The number of hydrogen-bond donors (Lipinski definition) is 2. The van der Waals surface area contributed by atoms with Crippen molar-refractivity contribution in [3.05, 3.63) is 6.92 Å². The molecule has 0 aliphatic heterocycles. The van der Waals surface area contributed by atoms with Crippen LogP contribution >= 0.6 is 0 Å². The monoisotopic (exact) mass is 116 g/mol. The van der Waals surface area contributed by atoms with Crippen molar-refractivity contribution >= 4 is 5.97 Å². The molecule has 0 aliphatic rings. The quantitative estimate of drug-likeness (QED) is 0.546. The van der Waals surface area contributed by atoms with Crippen LogP contribution in [-0.4, -0.2) is 17.1 Å². The Morgan fingerprint density at radius 3 is 2.50 bits per heavy atom. The van der Waals surface area contributed by atoms with Crippen molar-refractivity contribution in [3.8, 4) is 0 Å². The molecule has 3 nitrogen and oxygen atoms in total. The summed E-state index contributed by atoms with van der Waals surface area (Å²) in [5, 5.41) is 8.16. The van der Waals surface area contributed by atoms with Crippen LogP contribution in [0.3, 0.4) is 0 Å². The van der Waals surface area contributed by atoms with Crippen LogP contribution in [0.15, 0.2) is 0 Å². The average molecular weight is 116 g/mol. The third-order valence-electron chi connectivity index (χ3n) is 0.832. The van der Waals surface area contributed by atoms with Gasteiger partial charge in [-0.3, -0.25) is 4.79 Å². The van der Waals surface area contributed by atoms with Gasteiger partial charge in [0.1, 0.15) is 6.04 Å². The fraction of sp³-hybridized carbons (Fsp3) is 0.600. The zero-order chi connectivity index (χ0) is 6.57. The lowest BCUT2D eigenvalue weighted by atomic mass is 10.2. The van der Waals surface area contributed by atoms with Crippen molar-refractivity contribution in [1.29, 1.82) is 0 Å². The lowest BCUT2D eigenvalue weighted by Crippen LogP contribution is -2.29. The van der Waals surface area contributed by atoms with Gasteiger partial charge in [-0.2, -0.15) is 0 Å². The lowest BCUT2D eigenvalue weighted by Gasteiger charge is -2.00. The van der Waals surface area contributed by atoms with E-state index in [0.29, 0.717) is 12.8 Å². The summed E-state index contributed by atoms with van der Waals surface area (Å²) in [4.78, 5) is 9.94. The molecule has 0 saturated heterocycles. The molecule has 0 aromatic rings. The molecule has 0 bridgehead atoms. The molecule has 1 atom stereocenters. The summed E-state index contributed by atoms with van der Waals surface area (Å²) in [7, 11) is 0. The first kappa shape index (κ1) is 7.43. The maximum absolute atomic E-state index is 9.94. The molecule has 0 aromatic heterocycles. The van der Waals surface area contributed by atoms with E-state index in [2.05, 4.69) is 6.92 Å². The van der Waals surface area contributed by atoms with Crippen molar-refractivity contribution in [2.45, 2.75) is 18.9 Å². The van der Waals surface area contributed by atoms with Crippen molar-refractivity contribution < 1.29 is 9.90 Å². The van der Waals surface area contributed by atoms with Crippen LogP contribution in [0, 0.1) is 6.92 Å². The summed E-state index contributed by atoms with van der Waals surface area (Å²) in [5.74, 6) is -0.950. The number of rotatable bonds is 3. The van der Waals surface area contributed by atoms with Gasteiger partial charge >= 0.3 is 5.97 Å². The smallest absolute Gasteiger partial charge is 0.320 e. The van der Waals surface area contributed by atoms with Crippen molar-refractivity contribution in [1.82, 2.24) is 0 Å². The van der Waals surface area contributed by atoms with Crippen LogP contribution in [-0.2, 0) is 4.79 Å². The van der Waals surface area contributed by atoms with Gasteiger partial charge in [-0.25, -0.2) is 0 Å². The second-order valence-corrected chi connectivity index (χ2v) is 1.59. The average Bonchev–Trinajstić information content (AvgIpc) is 1.67. The summed E-state index contributed by atoms with van der Waals surface area (Å²) in [6.07, 6.45) is 1.03. The summed E-state index contributed by atoms with van der Waals surface area (Å²) in [6, 6.07) is -0.729. The van der Waals surface area contributed by atoms with Crippen molar-refractivity contribution in [2.24, 2.45) is 5.73 Å². The fourth-order valence-electron chi connectivity index (χ4n) is 0.343. The Balaban J connectivity index is 3.32. The first-order chi connectivity index (χ1) is 3.68. The Kier molecular flexibility index (Phi) is 3.19. The predicted molar refractivity (Wildman–Crippen MR) is 30.2 cm³/mol. The van der Waals surface area contributed by atoms with E-state index in [1.165, 1.54) is 0 Å². The summed E-state index contributed by atoms with van der Waals surface area (Å²) >= 11 is 0. The summed E-state index contributed by atoms with van der Waals surface area (Å²) < 4.78 is 0. The lowest BCUT2D eigenvalue weighted by molar-refractivity contribution is -0.138. The largest absolute Gasteiger partial charge is 0.480 e. The van der Waals surface area contributed by atoms with Gasteiger partial charge in [0.2, 0.25) is 0 Å². The zero-order valence-corrected chi connectivity index (χ0v) is 4.63. The van der Waals surface area contributed by atoms with Gasteiger partial charge in [0, 0.05) is 0 Å². The molecular weight excluding hydrogens is 106 g/mol. The molecule has 47 valence electrons. The minimum Gasteiger partial charge on any atom is -0.480 e. The minimum atomic E-state index is -0.950. The zero-order valence-electron chi connectivity index (χ0n) is 4.63. The number of aliphatic carboxylic acids is 1. The topological polar surface area (TPSA) is 63.3 Å². The van der Waals surface area contributed by atoms with E-state index in [0.717, 1.165) is 0 Å². The van der Waals surface area contributed by atoms with Crippen LogP contribution in [0.2, 0.25) is 0 Å². The molecule has 8 heavy (non-hydrogen) atoms. The van der Waals surface area contributed by atoms with E-state index < -0.39 is 12.0 Å². The Labute approximate surface area is 48.5 Å². The summed E-state index contributed by atoms with van der Waals surface area (Å²) in [5.41, 5.74) is 5.09. The molecular formula is C5H10NO2. The molecule has 3 heteroatoms. The third kappa shape index (κ3) is 2.58. The predicted octanol–water partition coefficient (Wildman–Crippen LogP) is 0.0126. The number of carbonyl (C=O) groups is 1. The van der Waals surface area contributed by atoms with Crippen LogP contribution < -0.4 is 5.73 Å².